The van der Waals surface area contributed by atoms with E-state index in [1.165, 1.54) is 19.3 Å². The van der Waals surface area contributed by atoms with Crippen LogP contribution in [0.25, 0.3) is 0 Å². The highest BCUT2D eigenvalue weighted by Crippen LogP contribution is 2.13. The van der Waals surface area contributed by atoms with Gasteiger partial charge in [0.25, 0.3) is 0 Å². The van der Waals surface area contributed by atoms with E-state index in [0.29, 0.717) is 18.9 Å². The van der Waals surface area contributed by atoms with E-state index in [1.54, 1.807) is 6.26 Å². The Bertz CT molecular complexity index is 395. The number of nitrogens with one attached hydrogen (secondary N) is 1. The van der Waals surface area contributed by atoms with Crippen molar-refractivity contribution in [3.8, 4) is 0 Å². The summed E-state index contributed by atoms with van der Waals surface area (Å²) in [6.07, 6.45) is 6.57. The van der Waals surface area contributed by atoms with Gasteiger partial charge in [-0.05, 0) is 45.4 Å². The van der Waals surface area contributed by atoms with Crippen molar-refractivity contribution in [2.45, 2.75) is 58.0 Å². The molecule has 1 atom stereocenters. The molecular weight excluding hydrogens is 252 g/mol. The van der Waals surface area contributed by atoms with E-state index >= 15 is 0 Å². The first-order valence-corrected chi connectivity index (χ1v) is 7.72. The molecule has 1 aliphatic heterocycles. The quantitative estimate of drug-likeness (QED) is 0.870. The van der Waals surface area contributed by atoms with Gasteiger partial charge in [0, 0.05) is 31.5 Å². The van der Waals surface area contributed by atoms with Gasteiger partial charge in [-0.25, -0.2) is 0 Å². The third-order valence-electron chi connectivity index (χ3n) is 3.94. The van der Waals surface area contributed by atoms with Crippen molar-refractivity contribution >= 4 is 5.91 Å². The van der Waals surface area contributed by atoms with Gasteiger partial charge in [-0.15, -0.1) is 0 Å². The topological polar surface area (TPSA) is 45.5 Å². The van der Waals surface area contributed by atoms with Crippen LogP contribution in [0.2, 0.25) is 0 Å². The summed E-state index contributed by atoms with van der Waals surface area (Å²) in [7, 11) is 0. The van der Waals surface area contributed by atoms with E-state index in [4.69, 9.17) is 4.42 Å². The number of piperidine rings is 1. The van der Waals surface area contributed by atoms with Gasteiger partial charge in [0.1, 0.15) is 5.76 Å². The van der Waals surface area contributed by atoms with Crippen molar-refractivity contribution in [1.82, 2.24) is 10.2 Å². The summed E-state index contributed by atoms with van der Waals surface area (Å²) in [5.41, 5.74) is 0. The van der Waals surface area contributed by atoms with Crippen LogP contribution >= 0.6 is 0 Å². The Hall–Kier alpha value is -1.29. The molecule has 1 fully saturated rings. The van der Waals surface area contributed by atoms with Crippen molar-refractivity contribution < 1.29 is 9.21 Å². The summed E-state index contributed by atoms with van der Waals surface area (Å²) in [6.45, 7) is 6.09. The predicted octanol–water partition coefficient (Wildman–Crippen LogP) is 2.59. The zero-order chi connectivity index (χ0) is 14.4. The Balaban J connectivity index is 1.84. The molecule has 20 heavy (non-hydrogen) atoms. The van der Waals surface area contributed by atoms with Crippen LogP contribution in [-0.4, -0.2) is 36.0 Å². The molecular formula is C16H26N2O2. The first-order valence-electron chi connectivity index (χ1n) is 7.72. The van der Waals surface area contributed by atoms with Gasteiger partial charge >= 0.3 is 0 Å². The van der Waals surface area contributed by atoms with E-state index in [2.05, 4.69) is 19.2 Å². The Morgan fingerprint density at radius 3 is 2.95 bits per heavy atom. The summed E-state index contributed by atoms with van der Waals surface area (Å²) in [5.74, 6) is 1.11. The third kappa shape index (κ3) is 4.37. The maximum atomic E-state index is 12.4. The molecule has 1 aromatic rings. The number of amides is 1. The molecule has 0 saturated carbocycles. The Morgan fingerprint density at radius 1 is 1.50 bits per heavy atom. The second-order valence-electron chi connectivity index (χ2n) is 5.87. The number of hydrogen-bond donors (Lipinski definition) is 1. The number of aryl methyl sites for hydroxylation is 1. The fourth-order valence-electron chi connectivity index (χ4n) is 2.75. The minimum atomic E-state index is 0.226. The number of furan rings is 1. The first-order chi connectivity index (χ1) is 9.66. The predicted molar refractivity (Wildman–Crippen MR) is 79.5 cm³/mol. The Kier molecular flexibility index (Phi) is 5.65. The molecule has 4 nitrogen and oxygen atoms in total. The normalized spacial score (nSPS) is 19.2. The summed E-state index contributed by atoms with van der Waals surface area (Å²) in [6, 6.07) is 4.50. The van der Waals surface area contributed by atoms with Crippen molar-refractivity contribution in [3.05, 3.63) is 24.2 Å². The zero-order valence-electron chi connectivity index (χ0n) is 12.6. The van der Waals surface area contributed by atoms with Gasteiger partial charge in [0.15, 0.2) is 0 Å². The van der Waals surface area contributed by atoms with Gasteiger partial charge in [-0.3, -0.25) is 4.79 Å². The molecule has 0 aromatic carbocycles. The molecule has 1 saturated heterocycles. The average Bonchev–Trinajstić information content (AvgIpc) is 2.96. The van der Waals surface area contributed by atoms with Gasteiger partial charge in [0.05, 0.1) is 6.26 Å². The number of hydrogen-bond acceptors (Lipinski definition) is 3. The summed E-state index contributed by atoms with van der Waals surface area (Å²) in [5, 5.41) is 3.52. The van der Waals surface area contributed by atoms with Crippen LogP contribution in [0.4, 0.5) is 0 Å². The van der Waals surface area contributed by atoms with Gasteiger partial charge in [-0.1, -0.05) is 6.42 Å². The Morgan fingerprint density at radius 2 is 2.35 bits per heavy atom. The highest BCUT2D eigenvalue weighted by Gasteiger charge is 2.22. The van der Waals surface area contributed by atoms with Crippen LogP contribution in [0.15, 0.2) is 22.8 Å². The van der Waals surface area contributed by atoms with Crippen LogP contribution in [0, 0.1) is 0 Å². The lowest BCUT2D eigenvalue weighted by atomic mass is 10.0. The van der Waals surface area contributed by atoms with Crippen LogP contribution < -0.4 is 5.32 Å². The monoisotopic (exact) mass is 278 g/mol. The summed E-state index contributed by atoms with van der Waals surface area (Å²) >= 11 is 0. The molecule has 1 aliphatic rings. The number of carbonyl (C=O) groups is 1. The molecule has 0 radical (unpaired) electrons. The molecule has 1 unspecified atom stereocenters. The van der Waals surface area contributed by atoms with Crippen molar-refractivity contribution in [3.63, 3.8) is 0 Å². The fourth-order valence-corrected chi connectivity index (χ4v) is 2.75. The molecule has 1 amide bonds. The highest BCUT2D eigenvalue weighted by molar-refractivity contribution is 5.76. The van der Waals surface area contributed by atoms with Crippen molar-refractivity contribution in [2.75, 3.05) is 13.1 Å². The highest BCUT2D eigenvalue weighted by atomic mass is 16.3. The maximum Gasteiger partial charge on any atom is 0.223 e. The van der Waals surface area contributed by atoms with E-state index < -0.39 is 0 Å². The lowest BCUT2D eigenvalue weighted by Gasteiger charge is -2.33. The average molecular weight is 278 g/mol. The molecule has 0 aliphatic carbocycles. The SMILES string of the molecule is CC(C)N(CC1CCCCN1)C(=O)CCc1ccco1. The second-order valence-corrected chi connectivity index (χ2v) is 5.87. The maximum absolute atomic E-state index is 12.4. The molecule has 112 valence electrons. The molecule has 0 bridgehead atoms. The minimum Gasteiger partial charge on any atom is -0.469 e. The molecule has 1 aromatic heterocycles. The number of nitrogens with zero attached hydrogens (tertiary/aromatic N) is 1. The number of rotatable bonds is 6. The zero-order valence-corrected chi connectivity index (χ0v) is 12.6. The molecule has 2 rings (SSSR count). The van der Waals surface area contributed by atoms with Gasteiger partial charge < -0.3 is 14.6 Å². The first kappa shape index (κ1) is 15.1. The van der Waals surface area contributed by atoms with E-state index in [-0.39, 0.29) is 11.9 Å². The molecule has 2 heterocycles. The van der Waals surface area contributed by atoms with Gasteiger partial charge in [0.2, 0.25) is 5.91 Å². The van der Waals surface area contributed by atoms with Crippen LogP contribution in [0.1, 0.15) is 45.3 Å². The molecule has 0 spiro atoms. The summed E-state index contributed by atoms with van der Waals surface area (Å²) < 4.78 is 5.29. The standard InChI is InChI=1S/C16H26N2O2/c1-13(2)18(12-14-6-3-4-10-17-14)16(19)9-8-15-7-5-11-20-15/h5,7,11,13-14,17H,3-4,6,8-10,12H2,1-2H3. The fraction of sp³-hybridized carbons (Fsp3) is 0.688. The van der Waals surface area contributed by atoms with Crippen molar-refractivity contribution in [1.29, 1.82) is 0 Å². The van der Waals surface area contributed by atoms with E-state index in [9.17, 15) is 4.79 Å². The van der Waals surface area contributed by atoms with Gasteiger partial charge in [-0.2, -0.15) is 0 Å². The van der Waals surface area contributed by atoms with E-state index in [0.717, 1.165) is 18.8 Å². The third-order valence-corrected chi connectivity index (χ3v) is 3.94. The largest absolute Gasteiger partial charge is 0.469 e. The van der Waals surface area contributed by atoms with E-state index in [1.807, 2.05) is 17.0 Å². The lowest BCUT2D eigenvalue weighted by Crippen LogP contribution is -2.48. The molecule has 1 N–H and O–H groups in total. The van der Waals surface area contributed by atoms with Crippen LogP contribution in [-0.2, 0) is 11.2 Å². The lowest BCUT2D eigenvalue weighted by molar-refractivity contribution is -0.133. The van der Waals surface area contributed by atoms with Crippen molar-refractivity contribution in [2.24, 2.45) is 0 Å². The smallest absolute Gasteiger partial charge is 0.223 e. The summed E-state index contributed by atoms with van der Waals surface area (Å²) in [4.78, 5) is 14.4. The molecule has 4 heteroatoms. The number of carbonyl (C=O) groups excluding carboxylic acids is 1. The van der Waals surface area contributed by atoms with Crippen LogP contribution in [0.3, 0.4) is 0 Å². The Labute approximate surface area is 121 Å². The second kappa shape index (κ2) is 7.48. The minimum absolute atomic E-state index is 0.226. The van der Waals surface area contributed by atoms with Crippen LogP contribution in [0.5, 0.6) is 0 Å².